The fourth-order valence-electron chi connectivity index (χ4n) is 3.08. The van der Waals surface area contributed by atoms with Gasteiger partial charge in [0.1, 0.15) is 17.7 Å². The van der Waals surface area contributed by atoms with Crippen LogP contribution in [0, 0.1) is 22.7 Å². The summed E-state index contributed by atoms with van der Waals surface area (Å²) in [5, 5.41) is 22.3. The standard InChI is InChI=1S/C20H25N7OSi/c1-29(2,3)9-8-28-13-16-10-23-20-18(24-14-25-19(16)20)15-11-26-27(12-15)17(4-6-21)5-7-22/h10-12,14,16-17H,4-5,8-9,13H2,1-3H3. The van der Waals surface area contributed by atoms with E-state index < -0.39 is 8.07 Å². The molecule has 150 valence electrons. The Balaban J connectivity index is 1.74. The van der Waals surface area contributed by atoms with Crippen molar-refractivity contribution in [3.05, 3.63) is 24.4 Å². The maximum Gasteiger partial charge on any atom is 0.116 e. The summed E-state index contributed by atoms with van der Waals surface area (Å²) in [6.07, 6.45) is 7.37. The molecule has 1 aliphatic heterocycles. The number of aliphatic imine (C=N–C) groups is 1. The van der Waals surface area contributed by atoms with Crippen molar-refractivity contribution >= 4 is 20.0 Å². The van der Waals surface area contributed by atoms with Crippen LogP contribution in [0.5, 0.6) is 0 Å². The van der Waals surface area contributed by atoms with Gasteiger partial charge in [-0.3, -0.25) is 9.67 Å². The summed E-state index contributed by atoms with van der Waals surface area (Å²) in [4.78, 5) is 13.4. The Hall–Kier alpha value is -2.88. The number of ether oxygens (including phenoxy) is 1. The van der Waals surface area contributed by atoms with Crippen molar-refractivity contribution in [2.45, 2.75) is 50.5 Å². The summed E-state index contributed by atoms with van der Waals surface area (Å²) >= 11 is 0. The molecule has 0 fully saturated rings. The monoisotopic (exact) mass is 407 g/mol. The molecule has 1 aliphatic rings. The van der Waals surface area contributed by atoms with E-state index in [4.69, 9.17) is 15.3 Å². The van der Waals surface area contributed by atoms with Crippen molar-refractivity contribution in [2.24, 2.45) is 4.99 Å². The molecule has 0 spiro atoms. The molecule has 0 saturated heterocycles. The summed E-state index contributed by atoms with van der Waals surface area (Å²) in [6, 6.07) is 5.07. The maximum atomic E-state index is 8.99. The van der Waals surface area contributed by atoms with Crippen LogP contribution in [0.25, 0.3) is 11.3 Å². The van der Waals surface area contributed by atoms with Gasteiger partial charge in [0, 0.05) is 32.7 Å². The number of aromatic nitrogens is 4. The smallest absolute Gasteiger partial charge is 0.116 e. The number of nitrogens with zero attached hydrogens (tertiary/aromatic N) is 7. The molecule has 3 heterocycles. The van der Waals surface area contributed by atoms with Crippen LogP contribution in [0.15, 0.2) is 23.7 Å². The highest BCUT2D eigenvalue weighted by molar-refractivity contribution is 6.76. The largest absolute Gasteiger partial charge is 0.381 e. The molecule has 1 atom stereocenters. The topological polar surface area (TPSA) is 113 Å². The molecular formula is C20H25N7OSi. The second-order valence-electron chi connectivity index (χ2n) is 8.31. The molecular weight excluding hydrogens is 382 g/mol. The lowest BCUT2D eigenvalue weighted by Gasteiger charge is -2.16. The fraction of sp³-hybridized carbons (Fsp3) is 0.500. The van der Waals surface area contributed by atoms with Gasteiger partial charge in [-0.1, -0.05) is 19.6 Å². The van der Waals surface area contributed by atoms with Crippen molar-refractivity contribution in [1.82, 2.24) is 19.7 Å². The Kier molecular flexibility index (Phi) is 6.52. The van der Waals surface area contributed by atoms with Gasteiger partial charge in [-0.25, -0.2) is 9.97 Å². The number of hydrogen-bond donors (Lipinski definition) is 0. The van der Waals surface area contributed by atoms with Crippen molar-refractivity contribution < 1.29 is 4.74 Å². The Morgan fingerprint density at radius 3 is 2.66 bits per heavy atom. The molecule has 8 nitrogen and oxygen atoms in total. The zero-order valence-electron chi connectivity index (χ0n) is 17.0. The van der Waals surface area contributed by atoms with Crippen molar-refractivity contribution in [1.29, 1.82) is 10.5 Å². The number of rotatable bonds is 9. The van der Waals surface area contributed by atoms with Gasteiger partial charge in [0.15, 0.2) is 0 Å². The quantitative estimate of drug-likeness (QED) is 0.461. The predicted octanol–water partition coefficient (Wildman–Crippen LogP) is 3.86. The summed E-state index contributed by atoms with van der Waals surface area (Å²) in [7, 11) is -1.11. The minimum absolute atomic E-state index is 0.0216. The van der Waals surface area contributed by atoms with Crippen LogP contribution in [0.2, 0.25) is 25.7 Å². The highest BCUT2D eigenvalue weighted by atomic mass is 28.3. The van der Waals surface area contributed by atoms with Crippen molar-refractivity contribution in [3.8, 4) is 23.4 Å². The molecule has 1 unspecified atom stereocenters. The maximum absolute atomic E-state index is 8.99. The molecule has 2 aromatic rings. The predicted molar refractivity (Wildman–Crippen MR) is 113 cm³/mol. The van der Waals surface area contributed by atoms with Gasteiger partial charge in [-0.05, 0) is 6.04 Å². The Morgan fingerprint density at radius 2 is 1.97 bits per heavy atom. The number of nitriles is 2. The van der Waals surface area contributed by atoms with E-state index in [9.17, 15) is 0 Å². The first-order valence-electron chi connectivity index (χ1n) is 9.68. The highest BCUT2D eigenvalue weighted by Gasteiger charge is 2.26. The van der Waals surface area contributed by atoms with Gasteiger partial charge in [0.25, 0.3) is 0 Å². The molecule has 0 bridgehead atoms. The zero-order valence-corrected chi connectivity index (χ0v) is 18.0. The average Bonchev–Trinajstić information content (AvgIpc) is 3.32. The average molecular weight is 408 g/mol. The van der Waals surface area contributed by atoms with Gasteiger partial charge in [0.2, 0.25) is 0 Å². The van der Waals surface area contributed by atoms with Crippen LogP contribution in [-0.4, -0.2) is 47.3 Å². The van der Waals surface area contributed by atoms with Gasteiger partial charge in [-0.15, -0.1) is 0 Å². The van der Waals surface area contributed by atoms with Gasteiger partial charge < -0.3 is 4.74 Å². The molecule has 3 rings (SSSR count). The molecule has 0 amide bonds. The fourth-order valence-corrected chi connectivity index (χ4v) is 3.83. The van der Waals surface area contributed by atoms with E-state index in [0.717, 1.165) is 29.6 Å². The van der Waals surface area contributed by atoms with E-state index in [1.165, 1.54) is 6.33 Å². The Bertz CT molecular complexity index is 948. The highest BCUT2D eigenvalue weighted by Crippen LogP contribution is 2.37. The number of hydrogen-bond acceptors (Lipinski definition) is 7. The first kappa shape index (κ1) is 20.8. The van der Waals surface area contributed by atoms with Gasteiger partial charge in [0.05, 0.1) is 55.4 Å². The SMILES string of the molecule is C[Si](C)(C)CCOCC1C=Nc2c(-c3cnn(C(CC#N)CC#N)c3)ncnc21. The van der Waals surface area contributed by atoms with E-state index in [1.807, 2.05) is 12.4 Å². The Labute approximate surface area is 171 Å². The van der Waals surface area contributed by atoms with E-state index in [0.29, 0.717) is 12.3 Å². The molecule has 2 aromatic heterocycles. The Morgan fingerprint density at radius 1 is 1.21 bits per heavy atom. The van der Waals surface area contributed by atoms with Gasteiger partial charge in [-0.2, -0.15) is 15.6 Å². The molecule has 9 heteroatoms. The van der Waals surface area contributed by atoms with Crippen LogP contribution in [-0.2, 0) is 4.74 Å². The zero-order chi connectivity index (χ0) is 20.9. The lowest BCUT2D eigenvalue weighted by molar-refractivity contribution is 0.145. The minimum Gasteiger partial charge on any atom is -0.381 e. The van der Waals surface area contributed by atoms with E-state index in [1.54, 1.807) is 10.9 Å². The van der Waals surface area contributed by atoms with Crippen LogP contribution in [0.1, 0.15) is 30.5 Å². The minimum atomic E-state index is -1.11. The third-order valence-electron chi connectivity index (χ3n) is 4.78. The van der Waals surface area contributed by atoms with E-state index >= 15 is 0 Å². The molecule has 0 aliphatic carbocycles. The summed E-state index contributed by atoms with van der Waals surface area (Å²) < 4.78 is 7.55. The first-order chi connectivity index (χ1) is 13.9. The summed E-state index contributed by atoms with van der Waals surface area (Å²) in [5.74, 6) is 0.0216. The summed E-state index contributed by atoms with van der Waals surface area (Å²) in [5.41, 5.74) is 3.10. The lowest BCUT2D eigenvalue weighted by atomic mass is 10.1. The van der Waals surface area contributed by atoms with E-state index in [2.05, 4.69) is 51.8 Å². The molecule has 0 saturated carbocycles. The van der Waals surface area contributed by atoms with Crippen LogP contribution in [0.4, 0.5) is 5.69 Å². The third-order valence-corrected chi connectivity index (χ3v) is 6.49. The van der Waals surface area contributed by atoms with E-state index in [-0.39, 0.29) is 24.8 Å². The normalized spacial score (nSPS) is 15.3. The molecule has 0 radical (unpaired) electrons. The lowest BCUT2D eigenvalue weighted by Crippen LogP contribution is -2.22. The first-order valence-corrected chi connectivity index (χ1v) is 13.4. The van der Waals surface area contributed by atoms with Crippen molar-refractivity contribution in [2.75, 3.05) is 13.2 Å². The van der Waals surface area contributed by atoms with Crippen LogP contribution in [0.3, 0.4) is 0 Å². The summed E-state index contributed by atoms with van der Waals surface area (Å²) in [6.45, 7) is 8.32. The number of fused-ring (bicyclic) bond motifs is 1. The van der Waals surface area contributed by atoms with Crippen molar-refractivity contribution in [3.63, 3.8) is 0 Å². The second kappa shape index (κ2) is 9.08. The third kappa shape index (κ3) is 5.14. The second-order valence-corrected chi connectivity index (χ2v) is 13.9. The van der Waals surface area contributed by atoms with Crippen LogP contribution >= 0.6 is 0 Å². The molecule has 0 N–H and O–H groups in total. The van der Waals surface area contributed by atoms with Gasteiger partial charge >= 0.3 is 0 Å². The molecule has 0 aromatic carbocycles. The molecule has 29 heavy (non-hydrogen) atoms. The van der Waals surface area contributed by atoms with Crippen LogP contribution < -0.4 is 0 Å².